The second-order valence-corrected chi connectivity index (χ2v) is 4.67. The van der Waals surface area contributed by atoms with E-state index in [4.69, 9.17) is 9.47 Å². The Hall–Kier alpha value is -1.85. The van der Waals surface area contributed by atoms with E-state index in [1.54, 1.807) is 6.92 Å². The van der Waals surface area contributed by atoms with Crippen molar-refractivity contribution in [2.45, 2.75) is 46.0 Å². The lowest BCUT2D eigenvalue weighted by Crippen LogP contribution is -2.31. The van der Waals surface area contributed by atoms with Crippen LogP contribution in [0.15, 0.2) is 11.8 Å². The summed E-state index contributed by atoms with van der Waals surface area (Å²) in [6, 6.07) is 0. The van der Waals surface area contributed by atoms with Gasteiger partial charge < -0.3 is 9.47 Å². The third-order valence-electron chi connectivity index (χ3n) is 2.89. The number of unbranched alkanes of at least 4 members (excludes halogenated alkanes) is 3. The molecule has 1 rings (SSSR count). The highest BCUT2D eigenvalue weighted by molar-refractivity contribution is 5.92. The molecule has 112 valence electrons. The number of rotatable bonds is 7. The lowest BCUT2D eigenvalue weighted by atomic mass is 10.1. The van der Waals surface area contributed by atoms with Gasteiger partial charge >= 0.3 is 12.1 Å². The fraction of sp³-hybridized carbons (Fsp3) is 0.643. The maximum atomic E-state index is 11.7. The molecule has 0 bridgehead atoms. The highest BCUT2D eigenvalue weighted by atomic mass is 16.6. The van der Waals surface area contributed by atoms with Crippen LogP contribution in [-0.2, 0) is 19.1 Å². The van der Waals surface area contributed by atoms with Crippen molar-refractivity contribution < 1.29 is 23.9 Å². The average Bonchev–Trinajstić information content (AvgIpc) is 2.78. The van der Waals surface area contributed by atoms with E-state index in [1.807, 2.05) is 6.08 Å². The number of carbonyl (C=O) groups is 3. The molecule has 0 aliphatic carbocycles. The summed E-state index contributed by atoms with van der Waals surface area (Å²) in [7, 11) is 0. The molecular formula is C14H21NO5. The maximum Gasteiger partial charge on any atom is 0.416 e. The van der Waals surface area contributed by atoms with E-state index in [9.17, 15) is 14.4 Å². The van der Waals surface area contributed by atoms with E-state index in [1.165, 1.54) is 6.92 Å². The lowest BCUT2D eigenvalue weighted by Gasteiger charge is -2.09. The van der Waals surface area contributed by atoms with E-state index in [-0.39, 0.29) is 11.9 Å². The number of esters is 1. The number of ether oxygens (including phenoxy) is 2. The Kier molecular flexibility index (Phi) is 6.76. The SMILES string of the molecule is CC(=O)O/C(C)=C\CCCCCC(=O)N1CCOC1=O. The van der Waals surface area contributed by atoms with Gasteiger partial charge in [0, 0.05) is 13.3 Å². The number of allylic oxidation sites excluding steroid dienone is 2. The predicted octanol–water partition coefficient (Wildman–Crippen LogP) is 2.38. The molecule has 1 heterocycles. The molecule has 20 heavy (non-hydrogen) atoms. The van der Waals surface area contributed by atoms with Gasteiger partial charge in [-0.1, -0.05) is 6.42 Å². The number of carbonyl (C=O) groups excluding carboxylic acids is 3. The normalized spacial score (nSPS) is 15.2. The van der Waals surface area contributed by atoms with Crippen LogP contribution in [-0.4, -0.2) is 36.0 Å². The molecular weight excluding hydrogens is 262 g/mol. The largest absolute Gasteiger partial charge is 0.447 e. The zero-order chi connectivity index (χ0) is 15.0. The molecule has 0 atom stereocenters. The van der Waals surface area contributed by atoms with Gasteiger partial charge in [-0.3, -0.25) is 9.59 Å². The molecule has 6 heteroatoms. The molecule has 0 N–H and O–H groups in total. The summed E-state index contributed by atoms with van der Waals surface area (Å²) >= 11 is 0. The summed E-state index contributed by atoms with van der Waals surface area (Å²) in [5, 5.41) is 0. The van der Waals surface area contributed by atoms with Gasteiger partial charge in [0.25, 0.3) is 0 Å². The Morgan fingerprint density at radius 3 is 2.65 bits per heavy atom. The van der Waals surface area contributed by atoms with Gasteiger partial charge in [0.15, 0.2) is 0 Å². The van der Waals surface area contributed by atoms with E-state index in [2.05, 4.69) is 0 Å². The Morgan fingerprint density at radius 2 is 2.05 bits per heavy atom. The average molecular weight is 283 g/mol. The standard InChI is InChI=1S/C14H21NO5/c1-11(20-12(2)16)7-5-3-4-6-8-13(17)15-9-10-19-14(15)18/h7H,3-6,8-10H2,1-2H3/b11-7-. The molecule has 1 aliphatic heterocycles. The zero-order valence-corrected chi connectivity index (χ0v) is 12.0. The second kappa shape index (κ2) is 8.35. The Morgan fingerprint density at radius 1 is 1.30 bits per heavy atom. The zero-order valence-electron chi connectivity index (χ0n) is 12.0. The molecule has 0 aromatic heterocycles. The van der Waals surface area contributed by atoms with Crippen LogP contribution in [0.4, 0.5) is 4.79 Å². The third kappa shape index (κ3) is 5.86. The smallest absolute Gasteiger partial charge is 0.416 e. The van der Waals surface area contributed by atoms with Crippen molar-refractivity contribution in [3.63, 3.8) is 0 Å². The minimum Gasteiger partial charge on any atom is -0.447 e. The van der Waals surface area contributed by atoms with Gasteiger partial charge in [-0.05, 0) is 32.3 Å². The molecule has 1 fully saturated rings. The molecule has 0 saturated carbocycles. The van der Waals surface area contributed by atoms with Crippen molar-refractivity contribution in [1.82, 2.24) is 4.90 Å². The Balaban J connectivity index is 2.09. The van der Waals surface area contributed by atoms with Gasteiger partial charge in [-0.15, -0.1) is 0 Å². The first kappa shape index (κ1) is 16.2. The summed E-state index contributed by atoms with van der Waals surface area (Å²) in [5.74, 6) is 0.120. The summed E-state index contributed by atoms with van der Waals surface area (Å²) in [6.07, 6.45) is 5.04. The maximum absolute atomic E-state index is 11.7. The van der Waals surface area contributed by atoms with Crippen molar-refractivity contribution in [3.8, 4) is 0 Å². The molecule has 0 radical (unpaired) electrons. The number of cyclic esters (lactones) is 1. The van der Waals surface area contributed by atoms with E-state index >= 15 is 0 Å². The first-order chi connectivity index (χ1) is 9.50. The molecule has 2 amide bonds. The van der Waals surface area contributed by atoms with Gasteiger partial charge in [0.2, 0.25) is 5.91 Å². The van der Waals surface area contributed by atoms with Gasteiger partial charge in [-0.25, -0.2) is 9.69 Å². The van der Waals surface area contributed by atoms with Crippen molar-refractivity contribution in [2.75, 3.05) is 13.2 Å². The van der Waals surface area contributed by atoms with Crippen molar-refractivity contribution in [1.29, 1.82) is 0 Å². The molecule has 1 saturated heterocycles. The molecule has 0 aromatic carbocycles. The fourth-order valence-electron chi connectivity index (χ4n) is 1.93. The molecule has 0 unspecified atom stereocenters. The highest BCUT2D eigenvalue weighted by Gasteiger charge is 2.27. The van der Waals surface area contributed by atoms with Gasteiger partial charge in [0.1, 0.15) is 12.4 Å². The minimum absolute atomic E-state index is 0.167. The van der Waals surface area contributed by atoms with E-state index in [0.717, 1.165) is 30.6 Å². The summed E-state index contributed by atoms with van der Waals surface area (Å²) in [6.45, 7) is 3.77. The van der Waals surface area contributed by atoms with Crippen LogP contribution in [0.25, 0.3) is 0 Å². The summed E-state index contributed by atoms with van der Waals surface area (Å²) in [5.41, 5.74) is 0. The number of amides is 2. The van der Waals surface area contributed by atoms with Crippen molar-refractivity contribution in [2.24, 2.45) is 0 Å². The monoisotopic (exact) mass is 283 g/mol. The molecule has 0 aromatic rings. The number of imide groups is 1. The first-order valence-corrected chi connectivity index (χ1v) is 6.83. The number of hydrogen-bond acceptors (Lipinski definition) is 5. The molecule has 1 aliphatic rings. The van der Waals surface area contributed by atoms with Gasteiger partial charge in [0.05, 0.1) is 6.54 Å². The van der Waals surface area contributed by atoms with Crippen LogP contribution >= 0.6 is 0 Å². The van der Waals surface area contributed by atoms with Crippen LogP contribution in [0.2, 0.25) is 0 Å². The molecule has 0 spiro atoms. The van der Waals surface area contributed by atoms with Crippen molar-refractivity contribution in [3.05, 3.63) is 11.8 Å². The van der Waals surface area contributed by atoms with Gasteiger partial charge in [-0.2, -0.15) is 0 Å². The Labute approximate surface area is 118 Å². The summed E-state index contributed by atoms with van der Waals surface area (Å²) < 4.78 is 9.59. The van der Waals surface area contributed by atoms with E-state index < -0.39 is 6.09 Å². The lowest BCUT2D eigenvalue weighted by molar-refractivity contribution is -0.136. The quantitative estimate of drug-likeness (QED) is 0.407. The molecule has 6 nitrogen and oxygen atoms in total. The second-order valence-electron chi connectivity index (χ2n) is 4.67. The van der Waals surface area contributed by atoms with Crippen LogP contribution in [0, 0.1) is 0 Å². The van der Waals surface area contributed by atoms with Crippen LogP contribution < -0.4 is 0 Å². The predicted molar refractivity (Wildman–Crippen MR) is 71.7 cm³/mol. The van der Waals surface area contributed by atoms with Crippen LogP contribution in [0.3, 0.4) is 0 Å². The topological polar surface area (TPSA) is 72.9 Å². The number of nitrogens with zero attached hydrogens (tertiary/aromatic N) is 1. The summed E-state index contributed by atoms with van der Waals surface area (Å²) in [4.78, 5) is 34.7. The third-order valence-corrected chi connectivity index (χ3v) is 2.89. The number of hydrogen-bond donors (Lipinski definition) is 0. The van der Waals surface area contributed by atoms with Crippen LogP contribution in [0.1, 0.15) is 46.0 Å². The Bertz CT molecular complexity index is 402. The highest BCUT2D eigenvalue weighted by Crippen LogP contribution is 2.10. The minimum atomic E-state index is -0.532. The fourth-order valence-corrected chi connectivity index (χ4v) is 1.93. The van der Waals surface area contributed by atoms with Crippen molar-refractivity contribution >= 4 is 18.0 Å². The van der Waals surface area contributed by atoms with E-state index in [0.29, 0.717) is 25.3 Å². The van der Waals surface area contributed by atoms with Crippen LogP contribution in [0.5, 0.6) is 0 Å². The first-order valence-electron chi connectivity index (χ1n) is 6.83.